The van der Waals surface area contributed by atoms with E-state index >= 15 is 0 Å². The van der Waals surface area contributed by atoms with Crippen LogP contribution in [0.25, 0.3) is 6.08 Å². The predicted octanol–water partition coefficient (Wildman–Crippen LogP) is 1.48. The highest BCUT2D eigenvalue weighted by Gasteiger charge is 2.10. The molecule has 7 heteroatoms. The van der Waals surface area contributed by atoms with Crippen molar-refractivity contribution in [3.05, 3.63) is 47.8 Å². The lowest BCUT2D eigenvalue weighted by atomic mass is 10.2. The second kappa shape index (κ2) is 5.91. The highest BCUT2D eigenvalue weighted by Crippen LogP contribution is 2.21. The Hall–Kier alpha value is -3.09. The number of carbonyl (C=O) groups excluding carboxylic acids is 1. The summed E-state index contributed by atoms with van der Waals surface area (Å²) >= 11 is 0. The van der Waals surface area contributed by atoms with Gasteiger partial charge in [-0.15, -0.1) is 0 Å². The van der Waals surface area contributed by atoms with Gasteiger partial charge in [0, 0.05) is 31.1 Å². The van der Waals surface area contributed by atoms with Gasteiger partial charge in [-0.1, -0.05) is 0 Å². The summed E-state index contributed by atoms with van der Waals surface area (Å²) in [6.07, 6.45) is 4.52. The Morgan fingerprint density at radius 1 is 1.33 bits per heavy atom. The fraction of sp³-hybridized carbons (Fsp3) is 0.0714. The molecule has 108 valence electrons. The van der Waals surface area contributed by atoms with Gasteiger partial charge in [-0.2, -0.15) is 5.10 Å². The number of carboxylic acids is 1. The van der Waals surface area contributed by atoms with Crippen molar-refractivity contribution in [3.63, 3.8) is 0 Å². The SMILES string of the molecule is Cn1nccc1/C=C/C(=O)Nc1ccc(C(=O)O)c(O)c1. The molecular weight excluding hydrogens is 274 g/mol. The Morgan fingerprint density at radius 2 is 2.10 bits per heavy atom. The maximum absolute atomic E-state index is 11.7. The number of aromatic carboxylic acids is 1. The monoisotopic (exact) mass is 287 g/mol. The van der Waals surface area contributed by atoms with Crippen LogP contribution in [0.5, 0.6) is 5.75 Å². The van der Waals surface area contributed by atoms with E-state index in [0.717, 1.165) is 5.69 Å². The van der Waals surface area contributed by atoms with Crippen LogP contribution >= 0.6 is 0 Å². The number of aromatic nitrogens is 2. The van der Waals surface area contributed by atoms with E-state index in [-0.39, 0.29) is 5.56 Å². The molecule has 1 aromatic heterocycles. The molecule has 7 nitrogen and oxygen atoms in total. The van der Waals surface area contributed by atoms with Crippen molar-refractivity contribution in [2.75, 3.05) is 5.32 Å². The minimum absolute atomic E-state index is 0.224. The minimum atomic E-state index is -1.23. The van der Waals surface area contributed by atoms with Crippen LogP contribution in [-0.2, 0) is 11.8 Å². The second-order valence-electron chi connectivity index (χ2n) is 4.24. The average Bonchev–Trinajstić information content (AvgIpc) is 2.81. The molecule has 1 heterocycles. The van der Waals surface area contributed by atoms with Crippen molar-refractivity contribution in [2.45, 2.75) is 0 Å². The van der Waals surface area contributed by atoms with Crippen molar-refractivity contribution in [2.24, 2.45) is 7.05 Å². The molecule has 0 spiro atoms. The summed E-state index contributed by atoms with van der Waals surface area (Å²) < 4.78 is 1.61. The first kappa shape index (κ1) is 14.3. The lowest BCUT2D eigenvalue weighted by molar-refractivity contribution is -0.111. The van der Waals surface area contributed by atoms with Crippen LogP contribution in [0.2, 0.25) is 0 Å². The van der Waals surface area contributed by atoms with Crippen LogP contribution in [0, 0.1) is 0 Å². The molecule has 3 N–H and O–H groups in total. The van der Waals surface area contributed by atoms with Crippen molar-refractivity contribution < 1.29 is 19.8 Å². The van der Waals surface area contributed by atoms with Gasteiger partial charge in [0.25, 0.3) is 0 Å². The number of aromatic hydroxyl groups is 1. The third-order valence-electron chi connectivity index (χ3n) is 2.76. The van der Waals surface area contributed by atoms with Gasteiger partial charge in [0.05, 0.1) is 5.69 Å². The van der Waals surface area contributed by atoms with Crippen molar-refractivity contribution in [1.29, 1.82) is 0 Å². The Balaban J connectivity index is 2.06. The molecule has 0 radical (unpaired) electrons. The van der Waals surface area contributed by atoms with E-state index in [9.17, 15) is 14.7 Å². The van der Waals surface area contributed by atoms with Gasteiger partial charge in [0.2, 0.25) is 5.91 Å². The van der Waals surface area contributed by atoms with Crippen LogP contribution in [0.4, 0.5) is 5.69 Å². The summed E-state index contributed by atoms with van der Waals surface area (Å²) in [4.78, 5) is 22.5. The van der Waals surface area contributed by atoms with Gasteiger partial charge in [-0.25, -0.2) is 4.79 Å². The zero-order valence-electron chi connectivity index (χ0n) is 11.1. The third kappa shape index (κ3) is 3.47. The molecule has 0 fully saturated rings. The molecule has 1 amide bonds. The number of carbonyl (C=O) groups is 2. The normalized spacial score (nSPS) is 10.7. The average molecular weight is 287 g/mol. The fourth-order valence-corrected chi connectivity index (χ4v) is 1.68. The Labute approximate surface area is 120 Å². The van der Waals surface area contributed by atoms with Gasteiger partial charge in [0.15, 0.2) is 0 Å². The first-order valence-corrected chi connectivity index (χ1v) is 6.01. The van der Waals surface area contributed by atoms with E-state index in [1.807, 2.05) is 0 Å². The summed E-state index contributed by atoms with van der Waals surface area (Å²) in [7, 11) is 1.75. The molecule has 0 unspecified atom stereocenters. The second-order valence-corrected chi connectivity index (χ2v) is 4.24. The maximum atomic E-state index is 11.7. The number of rotatable bonds is 4. The summed E-state index contributed by atoms with van der Waals surface area (Å²) in [5.41, 5.74) is 0.838. The predicted molar refractivity (Wildman–Crippen MR) is 75.9 cm³/mol. The molecule has 0 saturated carbocycles. The largest absolute Gasteiger partial charge is 0.507 e. The molecular formula is C14H13N3O4. The number of anilines is 1. The molecule has 0 aliphatic carbocycles. The molecule has 0 saturated heterocycles. The van der Waals surface area contributed by atoms with Gasteiger partial charge < -0.3 is 15.5 Å². The number of hydrogen-bond acceptors (Lipinski definition) is 4. The number of amides is 1. The Kier molecular flexibility index (Phi) is 4.03. The van der Waals surface area contributed by atoms with Crippen LogP contribution in [0.3, 0.4) is 0 Å². The molecule has 2 aromatic rings. The van der Waals surface area contributed by atoms with Crippen molar-refractivity contribution >= 4 is 23.6 Å². The number of nitrogens with one attached hydrogen (secondary N) is 1. The molecule has 21 heavy (non-hydrogen) atoms. The number of benzene rings is 1. The Bertz CT molecular complexity index is 719. The fourth-order valence-electron chi connectivity index (χ4n) is 1.68. The van der Waals surface area contributed by atoms with E-state index in [0.29, 0.717) is 5.69 Å². The quantitative estimate of drug-likeness (QED) is 0.739. The van der Waals surface area contributed by atoms with Crippen LogP contribution in [-0.4, -0.2) is 31.9 Å². The number of hydrogen-bond donors (Lipinski definition) is 3. The lowest BCUT2D eigenvalue weighted by Crippen LogP contribution is -2.08. The molecule has 0 bridgehead atoms. The van der Waals surface area contributed by atoms with Gasteiger partial charge >= 0.3 is 5.97 Å². The van der Waals surface area contributed by atoms with E-state index in [2.05, 4.69) is 10.4 Å². The number of nitrogens with zero attached hydrogens (tertiary/aromatic N) is 2. The van der Waals surface area contributed by atoms with Crippen LogP contribution < -0.4 is 5.32 Å². The molecule has 0 aliphatic rings. The molecule has 0 aliphatic heterocycles. The first-order valence-electron chi connectivity index (χ1n) is 6.01. The zero-order chi connectivity index (χ0) is 15.4. The zero-order valence-corrected chi connectivity index (χ0v) is 11.1. The van der Waals surface area contributed by atoms with E-state index < -0.39 is 17.6 Å². The van der Waals surface area contributed by atoms with Gasteiger partial charge in [-0.3, -0.25) is 9.48 Å². The highest BCUT2D eigenvalue weighted by atomic mass is 16.4. The van der Waals surface area contributed by atoms with Gasteiger partial charge in [-0.05, 0) is 24.3 Å². The summed E-state index contributed by atoms with van der Waals surface area (Å²) in [6.45, 7) is 0. The molecule has 0 atom stereocenters. The van der Waals surface area contributed by atoms with E-state index in [4.69, 9.17) is 5.11 Å². The highest BCUT2D eigenvalue weighted by molar-refractivity contribution is 6.02. The summed E-state index contributed by atoms with van der Waals surface area (Å²) in [6, 6.07) is 5.55. The van der Waals surface area contributed by atoms with Crippen molar-refractivity contribution in [1.82, 2.24) is 9.78 Å². The smallest absolute Gasteiger partial charge is 0.339 e. The topological polar surface area (TPSA) is 104 Å². The lowest BCUT2D eigenvalue weighted by Gasteiger charge is -2.05. The summed E-state index contributed by atoms with van der Waals surface area (Å²) in [5, 5.41) is 24.8. The van der Waals surface area contributed by atoms with Crippen molar-refractivity contribution in [3.8, 4) is 5.75 Å². The number of phenols is 1. The molecule has 1 aromatic carbocycles. The van der Waals surface area contributed by atoms with Crippen LogP contribution in [0.1, 0.15) is 16.1 Å². The number of aryl methyl sites for hydroxylation is 1. The summed E-state index contributed by atoms with van der Waals surface area (Å²) in [5.74, 6) is -2.05. The number of carboxylic acid groups (broad SMARTS) is 1. The minimum Gasteiger partial charge on any atom is -0.507 e. The van der Waals surface area contributed by atoms with E-state index in [1.165, 1.54) is 24.3 Å². The van der Waals surface area contributed by atoms with Gasteiger partial charge in [0.1, 0.15) is 11.3 Å². The first-order chi connectivity index (χ1) is 9.97. The van der Waals surface area contributed by atoms with E-state index in [1.54, 1.807) is 30.1 Å². The Morgan fingerprint density at radius 3 is 2.67 bits per heavy atom. The third-order valence-corrected chi connectivity index (χ3v) is 2.76. The van der Waals surface area contributed by atoms with Crippen LogP contribution in [0.15, 0.2) is 36.5 Å². The molecule has 2 rings (SSSR count). The standard InChI is InChI=1S/C14H13N3O4/c1-17-10(6-7-15-17)3-5-13(19)16-9-2-4-11(14(20)21)12(18)8-9/h2-8,18H,1H3,(H,16,19)(H,20,21)/b5-3+. The maximum Gasteiger partial charge on any atom is 0.339 e.